The van der Waals surface area contributed by atoms with Gasteiger partial charge in [0.05, 0.1) is 150 Å². The molecule has 738 valence electrons. The standard InChI is InChI=1S/C110H160N6O18/c1-13-19-25-31-37-41-47-56-66-130-97-78-103(134-70-60-50-44-40-34-28-22-16-4)91(73-84(97)108(120)113-89-71-82(95(125-9)76-101(89)128-12)106(118)111-87-62-52-54-64-94(87)124-8)115-110(122)86-75-92(104(132-68-58-46-36-30-24-18-6)80-99(86)129-65-55-45-35-29-23-17-5)116-109(121)85-74-90(102(133-69-59-49-43-39-33-27-21-15-3)79-98(85)131-67-57-48-42-38-32-26-20-14-2)114-107(119)83-72-88(100(127-11)77-96(83)126-10)112-105(117)81-61-51-53-63-93(81)123-7/h51-54,61-64,71-80H,13-50,55-60,65-70H2,1-12H3,(H,111,118)(H,112,117)(H,113,120)(H,114,119)(H,115,122)(H,116,121). The summed E-state index contributed by atoms with van der Waals surface area (Å²) in [5, 5.41) is 18.4. The number of anilines is 6. The van der Waals surface area contributed by atoms with Crippen molar-refractivity contribution in [1.29, 1.82) is 0 Å². The van der Waals surface area contributed by atoms with Crippen LogP contribution >= 0.6 is 0 Å². The largest absolute Gasteiger partial charge is 0.496 e. The van der Waals surface area contributed by atoms with Gasteiger partial charge in [-0.3, -0.25) is 28.8 Å². The molecule has 0 saturated carbocycles. The highest BCUT2D eigenvalue weighted by molar-refractivity contribution is 6.15. The topological polar surface area (TPSA) is 285 Å². The predicted octanol–water partition coefficient (Wildman–Crippen LogP) is 28.8. The normalized spacial score (nSPS) is 11.0. The van der Waals surface area contributed by atoms with E-state index < -0.39 is 35.4 Å². The zero-order valence-corrected chi connectivity index (χ0v) is 83.1. The van der Waals surface area contributed by atoms with E-state index in [1.165, 1.54) is 124 Å². The molecule has 0 aliphatic carbocycles. The molecule has 6 N–H and O–H groups in total. The second-order valence-corrected chi connectivity index (χ2v) is 34.7. The third-order valence-corrected chi connectivity index (χ3v) is 24.0. The summed E-state index contributed by atoms with van der Waals surface area (Å²) in [5.41, 5.74) is 1.39. The lowest BCUT2D eigenvalue weighted by molar-refractivity contribution is 0.100. The molecule has 24 nitrogen and oxygen atoms in total. The van der Waals surface area contributed by atoms with E-state index >= 15 is 19.2 Å². The summed E-state index contributed by atoms with van der Waals surface area (Å²) in [7, 11) is 8.75. The highest BCUT2D eigenvalue weighted by atomic mass is 16.5. The van der Waals surface area contributed by atoms with Gasteiger partial charge in [-0.25, -0.2) is 0 Å². The minimum atomic E-state index is -0.687. The molecule has 7 rings (SSSR count). The molecule has 0 fully saturated rings. The highest BCUT2D eigenvalue weighted by Crippen LogP contribution is 2.44. The number of hydrogen-bond acceptors (Lipinski definition) is 18. The first-order chi connectivity index (χ1) is 65.5. The van der Waals surface area contributed by atoms with Gasteiger partial charge in [-0.05, 0) is 93.1 Å². The lowest BCUT2D eigenvalue weighted by Gasteiger charge is -2.21. The second-order valence-electron chi connectivity index (χ2n) is 34.7. The molecule has 7 aromatic rings. The number of rotatable bonds is 74. The van der Waals surface area contributed by atoms with Crippen molar-refractivity contribution in [3.63, 3.8) is 0 Å². The molecule has 0 unspecified atom stereocenters. The molecular formula is C110H160N6O18. The number of nitrogens with one attached hydrogen (secondary N) is 6. The van der Waals surface area contributed by atoms with E-state index in [1.807, 2.05) is 0 Å². The van der Waals surface area contributed by atoms with Gasteiger partial charge >= 0.3 is 0 Å². The summed E-state index contributed by atoms with van der Waals surface area (Å²) in [6.07, 6.45) is 45.2. The first-order valence-electron chi connectivity index (χ1n) is 50.5. The molecule has 0 radical (unpaired) electrons. The van der Waals surface area contributed by atoms with Crippen LogP contribution in [0.15, 0.2) is 109 Å². The molecular weight excluding hydrogens is 1690 g/mol. The molecule has 0 spiro atoms. The minimum Gasteiger partial charge on any atom is -0.496 e. The van der Waals surface area contributed by atoms with Gasteiger partial charge in [0.2, 0.25) is 0 Å². The van der Waals surface area contributed by atoms with E-state index in [2.05, 4.69) is 73.4 Å². The summed E-state index contributed by atoms with van der Waals surface area (Å²) in [6, 6.07) is 29.4. The summed E-state index contributed by atoms with van der Waals surface area (Å²) in [6.45, 7) is 14.7. The van der Waals surface area contributed by atoms with Gasteiger partial charge in [0, 0.05) is 30.3 Å². The number of amides is 6. The van der Waals surface area contributed by atoms with E-state index in [0.29, 0.717) is 55.7 Å². The van der Waals surface area contributed by atoms with Gasteiger partial charge < -0.3 is 88.7 Å². The summed E-state index contributed by atoms with van der Waals surface area (Å²) in [5.74, 6) is -1.14. The number of unbranched alkanes of at least 4 members (excludes halogenated alkanes) is 38. The van der Waals surface area contributed by atoms with Gasteiger partial charge in [-0.1, -0.05) is 310 Å². The molecule has 6 amide bonds. The molecule has 24 heteroatoms. The van der Waals surface area contributed by atoms with Crippen molar-refractivity contribution >= 4 is 69.6 Å². The van der Waals surface area contributed by atoms with Crippen molar-refractivity contribution in [2.24, 2.45) is 0 Å². The van der Waals surface area contributed by atoms with Crippen LogP contribution in [-0.4, -0.2) is 118 Å². The van der Waals surface area contributed by atoms with Crippen LogP contribution in [0.2, 0.25) is 0 Å². The van der Waals surface area contributed by atoms with Crippen LogP contribution in [-0.2, 0) is 0 Å². The maximum Gasteiger partial charge on any atom is 0.259 e. The molecule has 0 bridgehead atoms. The van der Waals surface area contributed by atoms with Gasteiger partial charge in [0.1, 0.15) is 69.0 Å². The van der Waals surface area contributed by atoms with Crippen LogP contribution in [0.4, 0.5) is 34.1 Å². The lowest BCUT2D eigenvalue weighted by atomic mass is 10.1. The molecule has 0 atom stereocenters. The maximum atomic E-state index is 16.3. The number of para-hydroxylation sites is 3. The van der Waals surface area contributed by atoms with Crippen LogP contribution in [0.3, 0.4) is 0 Å². The Morgan fingerprint density at radius 2 is 0.366 bits per heavy atom. The van der Waals surface area contributed by atoms with E-state index in [9.17, 15) is 9.59 Å². The zero-order valence-electron chi connectivity index (χ0n) is 83.1. The Kier molecular flexibility index (Phi) is 53.8. The van der Waals surface area contributed by atoms with Crippen molar-refractivity contribution in [3.8, 4) is 69.0 Å². The summed E-state index contributed by atoms with van der Waals surface area (Å²) >= 11 is 0. The van der Waals surface area contributed by atoms with Gasteiger partial charge in [-0.15, -0.1) is 0 Å². The maximum absolute atomic E-state index is 16.3. The Balaban J connectivity index is 1.42. The monoisotopic (exact) mass is 1850 g/mol. The van der Waals surface area contributed by atoms with Gasteiger partial charge in [0.25, 0.3) is 35.4 Å². The fraction of sp³-hybridized carbons (Fsp3) is 0.564. The van der Waals surface area contributed by atoms with Crippen LogP contribution in [0.1, 0.15) is 386 Å². The van der Waals surface area contributed by atoms with Crippen LogP contribution < -0.4 is 88.7 Å². The molecule has 0 heterocycles. The third kappa shape index (κ3) is 38.4. The number of methoxy groups -OCH3 is 6. The van der Waals surface area contributed by atoms with Gasteiger partial charge in [-0.2, -0.15) is 0 Å². The first kappa shape index (κ1) is 110. The van der Waals surface area contributed by atoms with E-state index in [-0.39, 0.29) is 159 Å². The van der Waals surface area contributed by atoms with Crippen molar-refractivity contribution in [2.45, 2.75) is 324 Å². The Hall–Kier alpha value is -11.0. The molecule has 0 aliphatic rings. The van der Waals surface area contributed by atoms with Crippen LogP contribution in [0.5, 0.6) is 69.0 Å². The smallest absolute Gasteiger partial charge is 0.259 e. The fourth-order valence-electron chi connectivity index (χ4n) is 16.1. The average Bonchev–Trinajstić information content (AvgIpc) is 0.815. The number of carbonyl (C=O) groups excluding carboxylic acids is 6. The number of carbonyl (C=O) groups is 6. The SMILES string of the molecule is CCCCCCCCCCOc1cc(OCCCCCCCCCC)c(C(=O)Nc2cc(C(=O)Nc3cc(C(=O)Nc4cc(C(=O)Nc5ccccc5OC)c(OC)cc4OC)c(OCCCCCCCCCC)cc3OCCCCCCCCCC)c(OCCCCCCCC)cc2OCCCCCCCC)cc1NC(=O)c1cc(NC(=O)c2ccccc2OC)c(OC)cc1OC. The van der Waals surface area contributed by atoms with Crippen molar-refractivity contribution in [1.82, 2.24) is 0 Å². The minimum absolute atomic E-state index is 0.00544. The van der Waals surface area contributed by atoms with Crippen molar-refractivity contribution in [3.05, 3.63) is 143 Å². The first-order valence-corrected chi connectivity index (χ1v) is 50.5. The summed E-state index contributed by atoms with van der Waals surface area (Å²) in [4.78, 5) is 92.1. The zero-order chi connectivity index (χ0) is 96.1. The van der Waals surface area contributed by atoms with Gasteiger partial charge in [0.15, 0.2) is 0 Å². The summed E-state index contributed by atoms with van der Waals surface area (Å²) < 4.78 is 75.2. The third-order valence-electron chi connectivity index (χ3n) is 24.0. The molecule has 0 aliphatic heterocycles. The fourth-order valence-corrected chi connectivity index (χ4v) is 16.1. The Morgan fingerprint density at radius 1 is 0.179 bits per heavy atom. The number of ether oxygens (including phenoxy) is 12. The Labute approximate surface area is 800 Å². The lowest BCUT2D eigenvalue weighted by Crippen LogP contribution is -2.20. The van der Waals surface area contributed by atoms with E-state index in [4.69, 9.17) is 56.8 Å². The van der Waals surface area contributed by atoms with Crippen molar-refractivity contribution in [2.75, 3.05) is 114 Å². The number of hydrogen-bond donors (Lipinski definition) is 6. The second kappa shape index (κ2) is 65.6. The molecule has 134 heavy (non-hydrogen) atoms. The van der Waals surface area contributed by atoms with Crippen LogP contribution in [0.25, 0.3) is 0 Å². The highest BCUT2D eigenvalue weighted by Gasteiger charge is 2.30. The Bertz CT molecular complexity index is 4630. The van der Waals surface area contributed by atoms with Crippen molar-refractivity contribution < 1.29 is 85.6 Å². The number of benzene rings is 7. The molecule has 0 saturated heterocycles. The molecule has 0 aromatic heterocycles. The predicted molar refractivity (Wildman–Crippen MR) is 542 cm³/mol. The van der Waals surface area contributed by atoms with E-state index in [0.717, 1.165) is 193 Å². The average molecular weight is 1850 g/mol. The van der Waals surface area contributed by atoms with Crippen LogP contribution in [0, 0.1) is 0 Å². The quantitative estimate of drug-likeness (QED) is 0.0193. The Morgan fingerprint density at radius 3 is 0.619 bits per heavy atom. The molecule has 7 aromatic carbocycles. The van der Waals surface area contributed by atoms with E-state index in [1.54, 1.807) is 78.9 Å².